The molecule has 0 bridgehead atoms. The maximum atomic E-state index is 9.22. The van der Waals surface area contributed by atoms with E-state index >= 15 is 0 Å². The molecule has 4 aromatic carbocycles. The molecule has 0 fully saturated rings. The van der Waals surface area contributed by atoms with Crippen LogP contribution in [0.25, 0.3) is 0 Å². The summed E-state index contributed by atoms with van der Waals surface area (Å²) in [7, 11) is 0. The summed E-state index contributed by atoms with van der Waals surface area (Å²) in [6, 6.07) is 29.4. The van der Waals surface area contributed by atoms with Crippen LogP contribution < -0.4 is 26.0 Å². The lowest BCUT2D eigenvalue weighted by molar-refractivity contribution is 0.487. The van der Waals surface area contributed by atoms with Gasteiger partial charge in [0.1, 0.15) is 11.5 Å². The van der Waals surface area contributed by atoms with Gasteiger partial charge in [-0.1, -0.05) is 30.3 Å². The fourth-order valence-corrected chi connectivity index (χ4v) is 5.40. The molecule has 0 aromatic heterocycles. The Balaban J connectivity index is 1.57. The number of rotatable bonds is 1. The zero-order valence-corrected chi connectivity index (χ0v) is 16.1. The second-order valence-corrected chi connectivity index (χ2v) is 8.07. The van der Waals surface area contributed by atoms with Crippen molar-refractivity contribution in [3.8, 4) is 17.6 Å². The van der Waals surface area contributed by atoms with E-state index in [1.165, 1.54) is 33.2 Å². The van der Waals surface area contributed by atoms with Gasteiger partial charge in [0.15, 0.2) is 0 Å². The summed E-state index contributed by atoms with van der Waals surface area (Å²) < 4.78 is 6.40. The minimum atomic E-state index is 0.200. The van der Waals surface area contributed by atoms with E-state index in [0.29, 0.717) is 5.56 Å². The zero-order chi connectivity index (χ0) is 19.8. The quantitative estimate of drug-likeness (QED) is 0.405. The van der Waals surface area contributed by atoms with E-state index in [1.54, 1.807) is 0 Å². The Morgan fingerprint density at radius 2 is 1.37 bits per heavy atom. The molecule has 3 aliphatic heterocycles. The number of hydrogen-bond donors (Lipinski definition) is 0. The second kappa shape index (κ2) is 5.55. The van der Waals surface area contributed by atoms with Crippen LogP contribution in [0.3, 0.4) is 0 Å². The van der Waals surface area contributed by atoms with E-state index in [0.717, 1.165) is 29.3 Å². The molecule has 0 amide bonds. The highest BCUT2D eigenvalue weighted by Gasteiger charge is 2.45. The Morgan fingerprint density at radius 1 is 0.733 bits per heavy atom. The minimum Gasteiger partial charge on any atom is -0.458 e. The van der Waals surface area contributed by atoms with E-state index < -0.39 is 0 Å². The summed E-state index contributed by atoms with van der Waals surface area (Å²) >= 11 is 0. The molecule has 4 aromatic rings. The molecule has 0 saturated carbocycles. The van der Waals surface area contributed by atoms with Crippen molar-refractivity contribution in [2.75, 3.05) is 4.90 Å². The first kappa shape index (κ1) is 15.9. The predicted octanol–water partition coefficient (Wildman–Crippen LogP) is 3.87. The van der Waals surface area contributed by atoms with Crippen molar-refractivity contribution in [1.29, 1.82) is 5.26 Å². The largest absolute Gasteiger partial charge is 0.458 e. The average molecular weight is 382 g/mol. The Labute approximate surface area is 174 Å². The van der Waals surface area contributed by atoms with Gasteiger partial charge in [-0.25, -0.2) is 0 Å². The molecule has 0 radical (unpaired) electrons. The number of nitrogens with zero attached hydrogens (tertiary/aromatic N) is 2. The number of nitriles is 1. The summed E-state index contributed by atoms with van der Waals surface area (Å²) in [4.78, 5) is 2.32. The molecule has 30 heavy (non-hydrogen) atoms. The summed E-state index contributed by atoms with van der Waals surface area (Å²) in [5.74, 6) is 1.91. The Morgan fingerprint density at radius 3 is 2.13 bits per heavy atom. The fraction of sp³-hybridized carbons (Fsp3) is 0.0385. The predicted molar refractivity (Wildman–Crippen MR) is 120 cm³/mol. The highest BCUT2D eigenvalue weighted by Crippen LogP contribution is 2.42. The zero-order valence-electron chi connectivity index (χ0n) is 16.1. The first-order valence-electron chi connectivity index (χ1n) is 10.2. The molecule has 0 spiro atoms. The van der Waals surface area contributed by atoms with Gasteiger partial charge >= 0.3 is 0 Å². The molecule has 4 heteroatoms. The molecule has 138 valence electrons. The van der Waals surface area contributed by atoms with Crippen LogP contribution in [-0.2, 0) is 6.42 Å². The first-order chi connectivity index (χ1) is 14.8. The van der Waals surface area contributed by atoms with Crippen LogP contribution in [0.2, 0.25) is 0 Å². The van der Waals surface area contributed by atoms with Gasteiger partial charge in [0.2, 0.25) is 0 Å². The van der Waals surface area contributed by atoms with Crippen molar-refractivity contribution in [1.82, 2.24) is 0 Å². The molecule has 3 nitrogen and oxygen atoms in total. The topological polar surface area (TPSA) is 36.3 Å². The molecular weight excluding hydrogens is 367 g/mol. The van der Waals surface area contributed by atoms with Gasteiger partial charge in [-0.2, -0.15) is 5.26 Å². The van der Waals surface area contributed by atoms with Crippen LogP contribution in [0.4, 0.5) is 17.1 Å². The van der Waals surface area contributed by atoms with Crippen molar-refractivity contribution in [2.24, 2.45) is 0 Å². The molecule has 3 aliphatic rings. The lowest BCUT2D eigenvalue weighted by atomic mass is 9.31. The Bertz CT molecular complexity index is 1340. The molecule has 0 atom stereocenters. The van der Waals surface area contributed by atoms with Crippen molar-refractivity contribution in [3.63, 3.8) is 0 Å². The molecule has 0 unspecified atom stereocenters. The third kappa shape index (κ3) is 1.90. The third-order valence-corrected chi connectivity index (χ3v) is 6.58. The normalized spacial score (nSPS) is 14.0. The van der Waals surface area contributed by atoms with Crippen LogP contribution in [0.5, 0.6) is 11.5 Å². The van der Waals surface area contributed by atoms with E-state index in [1.807, 2.05) is 24.3 Å². The monoisotopic (exact) mass is 382 g/mol. The summed E-state index contributed by atoms with van der Waals surface area (Å²) in [5.41, 5.74) is 10.8. The standard InChI is InChI=1S/C26H15BN2O/c28-15-16-10-12-19(13-11-16)29-20-6-1-4-17-14-18-5-2-8-22-25(18)27(24(17)20)26-21(29)7-3-9-23(26)30-22/h1-13H,14H2. The molecule has 3 heterocycles. The van der Waals surface area contributed by atoms with E-state index in [-0.39, 0.29) is 6.71 Å². The fourth-order valence-electron chi connectivity index (χ4n) is 5.40. The summed E-state index contributed by atoms with van der Waals surface area (Å²) in [6.45, 7) is 0.200. The van der Waals surface area contributed by atoms with Gasteiger partial charge in [-0.15, -0.1) is 0 Å². The van der Waals surface area contributed by atoms with Crippen molar-refractivity contribution >= 4 is 40.2 Å². The summed E-state index contributed by atoms with van der Waals surface area (Å²) in [5, 5.41) is 9.22. The molecule has 0 N–H and O–H groups in total. The van der Waals surface area contributed by atoms with Gasteiger partial charge in [-0.05, 0) is 82.5 Å². The minimum absolute atomic E-state index is 0.200. The maximum absolute atomic E-state index is 9.22. The van der Waals surface area contributed by atoms with Crippen LogP contribution in [0.1, 0.15) is 16.7 Å². The highest BCUT2D eigenvalue weighted by atomic mass is 16.5. The highest BCUT2D eigenvalue weighted by molar-refractivity contribution is 7.00. The number of benzene rings is 4. The van der Waals surface area contributed by atoms with Gasteiger partial charge in [0, 0.05) is 17.1 Å². The second-order valence-electron chi connectivity index (χ2n) is 8.07. The molecular formula is C26H15BN2O. The lowest BCUT2D eigenvalue weighted by Crippen LogP contribution is -2.63. The Hall–Kier alpha value is -3.97. The molecule has 0 saturated heterocycles. The average Bonchev–Trinajstić information content (AvgIpc) is 2.79. The lowest BCUT2D eigenvalue weighted by Gasteiger charge is -2.43. The van der Waals surface area contributed by atoms with Crippen LogP contribution >= 0.6 is 0 Å². The Kier molecular flexibility index (Phi) is 2.94. The van der Waals surface area contributed by atoms with Crippen molar-refractivity contribution in [3.05, 3.63) is 95.6 Å². The van der Waals surface area contributed by atoms with E-state index in [9.17, 15) is 5.26 Å². The SMILES string of the molecule is N#Cc1ccc(N2c3cccc4c3B3c5c(cccc5Oc5cccc2c53)C4)cc1. The van der Waals surface area contributed by atoms with E-state index in [2.05, 4.69) is 65.6 Å². The van der Waals surface area contributed by atoms with Gasteiger partial charge < -0.3 is 9.64 Å². The maximum Gasteiger partial charge on any atom is 0.257 e. The first-order valence-corrected chi connectivity index (χ1v) is 10.2. The van der Waals surface area contributed by atoms with Crippen LogP contribution in [-0.4, -0.2) is 6.71 Å². The summed E-state index contributed by atoms with van der Waals surface area (Å²) in [6.07, 6.45) is 0.922. The molecule has 7 rings (SSSR count). The van der Waals surface area contributed by atoms with E-state index in [4.69, 9.17) is 4.74 Å². The van der Waals surface area contributed by atoms with Crippen LogP contribution in [0, 0.1) is 11.3 Å². The molecule has 0 aliphatic carbocycles. The van der Waals surface area contributed by atoms with Gasteiger partial charge in [0.25, 0.3) is 6.71 Å². The van der Waals surface area contributed by atoms with Gasteiger partial charge in [0.05, 0.1) is 11.6 Å². The number of hydrogen-bond acceptors (Lipinski definition) is 3. The number of anilines is 3. The van der Waals surface area contributed by atoms with Crippen LogP contribution in [0.15, 0.2) is 78.9 Å². The number of ether oxygens (including phenoxy) is 1. The smallest absolute Gasteiger partial charge is 0.257 e. The van der Waals surface area contributed by atoms with Gasteiger partial charge in [-0.3, -0.25) is 0 Å². The van der Waals surface area contributed by atoms with Crippen molar-refractivity contribution in [2.45, 2.75) is 6.42 Å². The third-order valence-electron chi connectivity index (χ3n) is 6.58. The van der Waals surface area contributed by atoms with Crippen molar-refractivity contribution < 1.29 is 4.74 Å².